The maximum atomic E-state index is 13.1. The van der Waals surface area contributed by atoms with Crippen LogP contribution in [0.25, 0.3) is 0 Å². The molecule has 0 unspecified atom stereocenters. The minimum Gasteiger partial charge on any atom is -0.354 e. The summed E-state index contributed by atoms with van der Waals surface area (Å²) in [6.07, 6.45) is 1.26. The quantitative estimate of drug-likeness (QED) is 0.773. The normalized spacial score (nSPS) is 17.5. The molecule has 1 saturated heterocycles. The van der Waals surface area contributed by atoms with Crippen LogP contribution in [0.1, 0.15) is 12.5 Å². The molecule has 94 valence electrons. The first-order valence-electron chi connectivity index (χ1n) is 5.92. The third-order valence-electron chi connectivity index (χ3n) is 3.17. The molecule has 1 aliphatic rings. The van der Waals surface area contributed by atoms with Crippen LogP contribution in [-0.4, -0.2) is 42.6 Å². The molecule has 0 saturated carbocycles. The standard InChI is InChI=1S/C12H17ClFN3/c1-2-16-3-5-17(6-4-16)12-10(8-13)7-11(14)9-15-12/h7,9H,2-6,8H2,1H3. The minimum absolute atomic E-state index is 0.300. The second-order valence-electron chi connectivity index (χ2n) is 4.19. The highest BCUT2D eigenvalue weighted by molar-refractivity contribution is 6.17. The second-order valence-corrected chi connectivity index (χ2v) is 4.46. The van der Waals surface area contributed by atoms with Crippen molar-refractivity contribution < 1.29 is 4.39 Å². The van der Waals surface area contributed by atoms with E-state index < -0.39 is 0 Å². The Kier molecular flexibility index (Phi) is 4.18. The van der Waals surface area contributed by atoms with Crippen LogP contribution < -0.4 is 4.90 Å². The topological polar surface area (TPSA) is 19.4 Å². The van der Waals surface area contributed by atoms with Gasteiger partial charge in [-0.05, 0) is 12.6 Å². The molecule has 2 rings (SSSR count). The lowest BCUT2D eigenvalue weighted by Gasteiger charge is -2.35. The summed E-state index contributed by atoms with van der Waals surface area (Å²) in [5.41, 5.74) is 0.775. The molecule has 2 heterocycles. The van der Waals surface area contributed by atoms with Crippen molar-refractivity contribution in [2.45, 2.75) is 12.8 Å². The molecule has 0 atom stereocenters. The van der Waals surface area contributed by atoms with E-state index >= 15 is 0 Å². The van der Waals surface area contributed by atoms with Gasteiger partial charge in [-0.15, -0.1) is 11.6 Å². The van der Waals surface area contributed by atoms with Crippen LogP contribution >= 0.6 is 11.6 Å². The molecule has 1 aromatic heterocycles. The van der Waals surface area contributed by atoms with E-state index in [2.05, 4.69) is 21.7 Å². The molecule has 1 fully saturated rings. The van der Waals surface area contributed by atoms with E-state index in [1.54, 1.807) is 0 Å². The lowest BCUT2D eigenvalue weighted by molar-refractivity contribution is 0.270. The van der Waals surface area contributed by atoms with Gasteiger partial charge >= 0.3 is 0 Å². The van der Waals surface area contributed by atoms with E-state index in [-0.39, 0.29) is 5.82 Å². The first kappa shape index (κ1) is 12.6. The van der Waals surface area contributed by atoms with Crippen molar-refractivity contribution in [3.05, 3.63) is 23.6 Å². The first-order chi connectivity index (χ1) is 8.24. The van der Waals surface area contributed by atoms with Gasteiger partial charge in [-0.25, -0.2) is 9.37 Å². The lowest BCUT2D eigenvalue weighted by atomic mass is 10.2. The van der Waals surface area contributed by atoms with Gasteiger partial charge in [0.15, 0.2) is 0 Å². The molecule has 0 N–H and O–H groups in total. The lowest BCUT2D eigenvalue weighted by Crippen LogP contribution is -2.46. The summed E-state index contributed by atoms with van der Waals surface area (Å²) >= 11 is 5.84. The Morgan fingerprint density at radius 1 is 1.35 bits per heavy atom. The van der Waals surface area contributed by atoms with Crippen LogP contribution in [0.15, 0.2) is 12.3 Å². The van der Waals surface area contributed by atoms with Crippen LogP contribution in [-0.2, 0) is 5.88 Å². The number of nitrogens with zero attached hydrogens (tertiary/aromatic N) is 3. The molecule has 3 nitrogen and oxygen atoms in total. The summed E-state index contributed by atoms with van der Waals surface area (Å²) in [5, 5.41) is 0. The Morgan fingerprint density at radius 2 is 2.06 bits per heavy atom. The first-order valence-corrected chi connectivity index (χ1v) is 6.45. The average molecular weight is 258 g/mol. The molecule has 0 amide bonds. The Labute approximate surface area is 106 Å². The van der Waals surface area contributed by atoms with Gasteiger partial charge < -0.3 is 9.80 Å². The van der Waals surface area contributed by atoms with Gasteiger partial charge in [0.1, 0.15) is 11.6 Å². The fraction of sp³-hybridized carbons (Fsp3) is 0.583. The largest absolute Gasteiger partial charge is 0.354 e. The summed E-state index contributed by atoms with van der Waals surface area (Å²) in [5.74, 6) is 0.808. The zero-order valence-electron chi connectivity index (χ0n) is 9.99. The van der Waals surface area contributed by atoms with Gasteiger partial charge in [0.2, 0.25) is 0 Å². The number of halogens is 2. The van der Waals surface area contributed by atoms with E-state index in [4.69, 9.17) is 11.6 Å². The van der Waals surface area contributed by atoms with Crippen LogP contribution in [0.3, 0.4) is 0 Å². The van der Waals surface area contributed by atoms with E-state index in [1.807, 2.05) is 0 Å². The Morgan fingerprint density at radius 3 is 2.65 bits per heavy atom. The smallest absolute Gasteiger partial charge is 0.141 e. The Bertz CT molecular complexity index is 378. The van der Waals surface area contributed by atoms with E-state index in [9.17, 15) is 4.39 Å². The Balaban J connectivity index is 2.12. The molecule has 17 heavy (non-hydrogen) atoms. The van der Waals surface area contributed by atoms with Gasteiger partial charge in [-0.3, -0.25) is 0 Å². The highest BCUT2D eigenvalue weighted by atomic mass is 35.5. The van der Waals surface area contributed by atoms with Crippen molar-refractivity contribution in [2.24, 2.45) is 0 Å². The number of anilines is 1. The predicted octanol–water partition coefficient (Wildman–Crippen LogP) is 2.10. The van der Waals surface area contributed by atoms with Crippen molar-refractivity contribution in [1.82, 2.24) is 9.88 Å². The number of aromatic nitrogens is 1. The molecule has 0 bridgehead atoms. The maximum Gasteiger partial charge on any atom is 0.141 e. The van der Waals surface area contributed by atoms with E-state index in [1.165, 1.54) is 12.3 Å². The molecule has 0 spiro atoms. The van der Waals surface area contributed by atoms with Crippen molar-refractivity contribution >= 4 is 17.4 Å². The van der Waals surface area contributed by atoms with Crippen molar-refractivity contribution in [3.63, 3.8) is 0 Å². The Hall–Kier alpha value is -0.870. The summed E-state index contributed by atoms with van der Waals surface area (Å²) in [6, 6.07) is 1.47. The third-order valence-corrected chi connectivity index (χ3v) is 3.46. The average Bonchev–Trinajstić information content (AvgIpc) is 2.39. The molecular weight excluding hydrogens is 241 g/mol. The fourth-order valence-electron chi connectivity index (χ4n) is 2.13. The molecule has 0 aliphatic carbocycles. The monoisotopic (exact) mass is 257 g/mol. The summed E-state index contributed by atoms with van der Waals surface area (Å²) in [4.78, 5) is 8.74. The molecular formula is C12H17ClFN3. The van der Waals surface area contributed by atoms with Crippen LogP contribution in [0.2, 0.25) is 0 Å². The zero-order valence-corrected chi connectivity index (χ0v) is 10.8. The molecule has 1 aliphatic heterocycles. The van der Waals surface area contributed by atoms with E-state index in [0.717, 1.165) is 44.1 Å². The van der Waals surface area contributed by atoms with Gasteiger partial charge in [-0.1, -0.05) is 6.92 Å². The number of hydrogen-bond acceptors (Lipinski definition) is 3. The number of likely N-dealkylation sites (N-methyl/N-ethyl adjacent to an activating group) is 1. The number of rotatable bonds is 3. The molecule has 1 aromatic rings. The van der Waals surface area contributed by atoms with Crippen LogP contribution in [0.4, 0.5) is 10.2 Å². The van der Waals surface area contributed by atoms with Crippen molar-refractivity contribution in [3.8, 4) is 0 Å². The maximum absolute atomic E-state index is 13.1. The van der Waals surface area contributed by atoms with Crippen LogP contribution in [0.5, 0.6) is 0 Å². The number of pyridine rings is 1. The highest BCUT2D eigenvalue weighted by Gasteiger charge is 2.19. The molecule has 0 aromatic carbocycles. The predicted molar refractivity (Wildman–Crippen MR) is 68.1 cm³/mol. The molecule has 0 radical (unpaired) electrons. The van der Waals surface area contributed by atoms with Crippen molar-refractivity contribution in [2.75, 3.05) is 37.6 Å². The number of hydrogen-bond donors (Lipinski definition) is 0. The molecule has 5 heteroatoms. The van der Waals surface area contributed by atoms with Gasteiger partial charge in [0, 0.05) is 31.7 Å². The minimum atomic E-state index is -0.323. The second kappa shape index (κ2) is 5.65. The number of alkyl halides is 1. The van der Waals surface area contributed by atoms with Crippen molar-refractivity contribution in [1.29, 1.82) is 0 Å². The third kappa shape index (κ3) is 2.87. The van der Waals surface area contributed by atoms with Gasteiger partial charge in [0.05, 0.1) is 12.1 Å². The summed E-state index contributed by atoms with van der Waals surface area (Å²) in [7, 11) is 0. The summed E-state index contributed by atoms with van der Waals surface area (Å²) < 4.78 is 13.1. The van der Waals surface area contributed by atoms with E-state index in [0.29, 0.717) is 5.88 Å². The van der Waals surface area contributed by atoms with Gasteiger partial charge in [0.25, 0.3) is 0 Å². The fourth-order valence-corrected chi connectivity index (χ4v) is 2.33. The van der Waals surface area contributed by atoms with Gasteiger partial charge in [-0.2, -0.15) is 0 Å². The zero-order chi connectivity index (χ0) is 12.3. The van der Waals surface area contributed by atoms with Crippen LogP contribution in [0, 0.1) is 5.82 Å². The summed E-state index contributed by atoms with van der Waals surface area (Å²) in [6.45, 7) is 7.14. The SMILES string of the molecule is CCN1CCN(c2ncc(F)cc2CCl)CC1. The number of piperazine rings is 1. The highest BCUT2D eigenvalue weighted by Crippen LogP contribution is 2.21.